The van der Waals surface area contributed by atoms with Crippen LogP contribution in [0.4, 0.5) is 0 Å². The molecular weight excluding hydrogens is 238 g/mol. The van der Waals surface area contributed by atoms with Crippen molar-refractivity contribution in [2.45, 2.75) is 26.4 Å². The van der Waals surface area contributed by atoms with Crippen LogP contribution in [0.25, 0.3) is 10.9 Å². The SMILES string of the molecule is CNC(=O)C(C)NCc1c(C)c2ccccc2n1C. The molecule has 1 aromatic heterocycles. The van der Waals surface area contributed by atoms with Gasteiger partial charge in [-0.05, 0) is 25.5 Å². The number of likely N-dealkylation sites (N-methyl/N-ethyl adjacent to an activating group) is 1. The average Bonchev–Trinajstić information content (AvgIpc) is 2.68. The number of carbonyl (C=O) groups is 1. The maximum Gasteiger partial charge on any atom is 0.236 e. The fraction of sp³-hybridized carbons (Fsp3) is 0.400. The molecule has 0 bridgehead atoms. The number of fused-ring (bicyclic) bond motifs is 1. The highest BCUT2D eigenvalue weighted by atomic mass is 16.2. The number of carbonyl (C=O) groups excluding carboxylic acids is 1. The summed E-state index contributed by atoms with van der Waals surface area (Å²) in [5.41, 5.74) is 3.72. The quantitative estimate of drug-likeness (QED) is 0.878. The minimum atomic E-state index is -0.192. The third kappa shape index (κ3) is 2.49. The van der Waals surface area contributed by atoms with E-state index in [0.29, 0.717) is 6.54 Å². The topological polar surface area (TPSA) is 46.1 Å². The first-order chi connectivity index (χ1) is 9.06. The standard InChI is InChI=1S/C15H21N3O/c1-10-12-7-5-6-8-13(12)18(4)14(10)9-17-11(2)15(19)16-3/h5-8,11,17H,9H2,1-4H3,(H,16,19). The number of nitrogens with one attached hydrogen (secondary N) is 2. The second kappa shape index (κ2) is 5.45. The lowest BCUT2D eigenvalue weighted by molar-refractivity contribution is -0.122. The van der Waals surface area contributed by atoms with Crippen molar-refractivity contribution in [3.05, 3.63) is 35.5 Å². The Kier molecular flexibility index (Phi) is 3.90. The maximum absolute atomic E-state index is 11.5. The van der Waals surface area contributed by atoms with Crippen LogP contribution in [0.15, 0.2) is 24.3 Å². The summed E-state index contributed by atoms with van der Waals surface area (Å²) < 4.78 is 2.19. The van der Waals surface area contributed by atoms with Crippen LogP contribution in [-0.2, 0) is 18.4 Å². The maximum atomic E-state index is 11.5. The first-order valence-electron chi connectivity index (χ1n) is 6.54. The van der Waals surface area contributed by atoms with Gasteiger partial charge in [0.2, 0.25) is 5.91 Å². The molecule has 4 nitrogen and oxygen atoms in total. The molecular formula is C15H21N3O. The van der Waals surface area contributed by atoms with E-state index in [1.807, 2.05) is 13.0 Å². The van der Waals surface area contributed by atoms with Crippen molar-refractivity contribution in [2.24, 2.45) is 7.05 Å². The Morgan fingerprint density at radius 2 is 2.05 bits per heavy atom. The molecule has 4 heteroatoms. The largest absolute Gasteiger partial charge is 0.358 e. The highest BCUT2D eigenvalue weighted by Gasteiger charge is 2.14. The number of aryl methyl sites for hydroxylation is 2. The zero-order chi connectivity index (χ0) is 14.0. The van der Waals surface area contributed by atoms with Crippen LogP contribution < -0.4 is 10.6 Å². The van der Waals surface area contributed by atoms with Crippen LogP contribution in [0.1, 0.15) is 18.2 Å². The number of amides is 1. The van der Waals surface area contributed by atoms with Crippen LogP contribution >= 0.6 is 0 Å². The van der Waals surface area contributed by atoms with Gasteiger partial charge in [-0.2, -0.15) is 0 Å². The molecule has 0 radical (unpaired) electrons. The Bertz CT molecular complexity index is 562. The van der Waals surface area contributed by atoms with E-state index < -0.39 is 0 Å². The van der Waals surface area contributed by atoms with Crippen molar-refractivity contribution in [3.63, 3.8) is 0 Å². The molecule has 0 aliphatic rings. The zero-order valence-electron chi connectivity index (χ0n) is 11.9. The van der Waals surface area contributed by atoms with E-state index >= 15 is 0 Å². The molecule has 1 heterocycles. The van der Waals surface area contributed by atoms with Gasteiger partial charge < -0.3 is 15.2 Å². The third-order valence-corrected chi connectivity index (χ3v) is 3.72. The van der Waals surface area contributed by atoms with E-state index in [1.54, 1.807) is 7.05 Å². The molecule has 0 fully saturated rings. The van der Waals surface area contributed by atoms with E-state index in [2.05, 4.69) is 47.4 Å². The molecule has 2 rings (SSSR count). The van der Waals surface area contributed by atoms with Crippen LogP contribution in [0.3, 0.4) is 0 Å². The highest BCUT2D eigenvalue weighted by Crippen LogP contribution is 2.24. The molecule has 0 saturated heterocycles. The Labute approximate surface area is 113 Å². The normalized spacial score (nSPS) is 12.6. The van der Waals surface area contributed by atoms with E-state index in [0.717, 1.165) is 0 Å². The van der Waals surface area contributed by atoms with Gasteiger partial charge in [-0.25, -0.2) is 0 Å². The number of rotatable bonds is 4. The lowest BCUT2D eigenvalue weighted by atomic mass is 10.1. The van der Waals surface area contributed by atoms with Gasteiger partial charge in [-0.1, -0.05) is 18.2 Å². The fourth-order valence-corrected chi connectivity index (χ4v) is 2.45. The van der Waals surface area contributed by atoms with Gasteiger partial charge in [0, 0.05) is 37.2 Å². The molecule has 0 spiro atoms. The van der Waals surface area contributed by atoms with Crippen LogP contribution in [-0.4, -0.2) is 23.6 Å². The van der Waals surface area contributed by atoms with Crippen molar-refractivity contribution in [1.82, 2.24) is 15.2 Å². The van der Waals surface area contributed by atoms with Crippen molar-refractivity contribution in [2.75, 3.05) is 7.05 Å². The van der Waals surface area contributed by atoms with E-state index in [9.17, 15) is 4.79 Å². The predicted molar refractivity (Wildman–Crippen MR) is 78.0 cm³/mol. The smallest absolute Gasteiger partial charge is 0.236 e. The van der Waals surface area contributed by atoms with E-state index in [-0.39, 0.29) is 11.9 Å². The number of aromatic nitrogens is 1. The second-order valence-corrected chi connectivity index (χ2v) is 4.86. The molecule has 19 heavy (non-hydrogen) atoms. The first-order valence-corrected chi connectivity index (χ1v) is 6.54. The lowest BCUT2D eigenvalue weighted by Crippen LogP contribution is -2.40. The highest BCUT2D eigenvalue weighted by molar-refractivity contribution is 5.85. The number of hydrogen-bond acceptors (Lipinski definition) is 2. The summed E-state index contributed by atoms with van der Waals surface area (Å²) in [5, 5.41) is 7.18. The molecule has 2 aromatic rings. The average molecular weight is 259 g/mol. The zero-order valence-corrected chi connectivity index (χ0v) is 11.9. The Morgan fingerprint density at radius 3 is 2.68 bits per heavy atom. The minimum Gasteiger partial charge on any atom is -0.358 e. The molecule has 0 saturated carbocycles. The van der Waals surface area contributed by atoms with Gasteiger partial charge >= 0.3 is 0 Å². The van der Waals surface area contributed by atoms with Crippen molar-refractivity contribution < 1.29 is 4.79 Å². The third-order valence-electron chi connectivity index (χ3n) is 3.72. The van der Waals surface area contributed by atoms with Crippen LogP contribution in [0, 0.1) is 6.92 Å². The number of nitrogens with zero attached hydrogens (tertiary/aromatic N) is 1. The first kappa shape index (κ1) is 13.6. The van der Waals surface area contributed by atoms with Gasteiger partial charge in [-0.3, -0.25) is 4.79 Å². The van der Waals surface area contributed by atoms with Gasteiger partial charge in [0.25, 0.3) is 0 Å². The molecule has 2 N–H and O–H groups in total. The van der Waals surface area contributed by atoms with E-state index in [1.165, 1.54) is 22.2 Å². The summed E-state index contributed by atoms with van der Waals surface area (Å²) in [6.07, 6.45) is 0. The van der Waals surface area contributed by atoms with Gasteiger partial charge in [0.1, 0.15) is 0 Å². The molecule has 1 unspecified atom stereocenters. The fourth-order valence-electron chi connectivity index (χ4n) is 2.45. The molecule has 0 aliphatic carbocycles. The Morgan fingerprint density at radius 1 is 1.37 bits per heavy atom. The van der Waals surface area contributed by atoms with Crippen LogP contribution in [0.5, 0.6) is 0 Å². The minimum absolute atomic E-state index is 0.0106. The molecule has 0 aliphatic heterocycles. The summed E-state index contributed by atoms with van der Waals surface area (Å²) in [5.74, 6) is 0.0106. The summed E-state index contributed by atoms with van der Waals surface area (Å²) >= 11 is 0. The van der Waals surface area contributed by atoms with E-state index in [4.69, 9.17) is 0 Å². The second-order valence-electron chi connectivity index (χ2n) is 4.86. The molecule has 102 valence electrons. The number of para-hydroxylation sites is 1. The van der Waals surface area contributed by atoms with Gasteiger partial charge in [-0.15, -0.1) is 0 Å². The molecule has 1 amide bonds. The number of benzene rings is 1. The van der Waals surface area contributed by atoms with Crippen molar-refractivity contribution >= 4 is 16.8 Å². The molecule has 1 atom stereocenters. The Hall–Kier alpha value is -1.81. The summed E-state index contributed by atoms with van der Waals surface area (Å²) in [7, 11) is 3.72. The van der Waals surface area contributed by atoms with Crippen molar-refractivity contribution in [1.29, 1.82) is 0 Å². The summed E-state index contributed by atoms with van der Waals surface area (Å²) in [6.45, 7) is 4.69. The van der Waals surface area contributed by atoms with Gasteiger partial charge in [0.05, 0.1) is 6.04 Å². The lowest BCUT2D eigenvalue weighted by Gasteiger charge is -2.13. The summed E-state index contributed by atoms with van der Waals surface area (Å²) in [4.78, 5) is 11.5. The summed E-state index contributed by atoms with van der Waals surface area (Å²) in [6, 6.07) is 8.17. The number of hydrogen-bond donors (Lipinski definition) is 2. The van der Waals surface area contributed by atoms with Gasteiger partial charge in [0.15, 0.2) is 0 Å². The molecule has 1 aromatic carbocycles. The Balaban J connectivity index is 2.24. The predicted octanol–water partition coefficient (Wildman–Crippen LogP) is 1.71. The van der Waals surface area contributed by atoms with Crippen LogP contribution in [0.2, 0.25) is 0 Å². The monoisotopic (exact) mass is 259 g/mol. The van der Waals surface area contributed by atoms with Crippen molar-refractivity contribution in [3.8, 4) is 0 Å².